The molecule has 3 aliphatic heterocycles. The predicted octanol–water partition coefficient (Wildman–Crippen LogP) is 0.843. The third-order valence-corrected chi connectivity index (χ3v) is 5.01. The van der Waals surface area contributed by atoms with Crippen LogP contribution < -0.4 is 10.6 Å². The number of rotatable bonds is 4. The van der Waals surface area contributed by atoms with Crippen molar-refractivity contribution in [3.8, 4) is 5.75 Å². The maximum absolute atomic E-state index is 12.8. The van der Waals surface area contributed by atoms with Gasteiger partial charge in [0.1, 0.15) is 24.1 Å². The van der Waals surface area contributed by atoms with Gasteiger partial charge in [0.15, 0.2) is 24.0 Å². The number of benzene rings is 1. The SMILES string of the molecule is CC1(C)OC2OC(C(=O)NCC(=O)Nc3ccccc3O)C3OC(C)(C)OC3C2O1. The molecule has 0 bridgehead atoms. The molecule has 2 amide bonds. The molecule has 10 heteroatoms. The van der Waals surface area contributed by atoms with Crippen LogP contribution >= 0.6 is 0 Å². The van der Waals surface area contributed by atoms with Gasteiger partial charge in [0, 0.05) is 0 Å². The van der Waals surface area contributed by atoms with Crippen LogP contribution in [-0.4, -0.2) is 65.7 Å². The molecule has 164 valence electrons. The van der Waals surface area contributed by atoms with Crippen LogP contribution in [0.3, 0.4) is 0 Å². The zero-order valence-corrected chi connectivity index (χ0v) is 17.2. The molecule has 0 aromatic heterocycles. The molecule has 3 N–H and O–H groups in total. The van der Waals surface area contributed by atoms with Gasteiger partial charge in [-0.25, -0.2) is 0 Å². The molecule has 0 radical (unpaired) electrons. The quantitative estimate of drug-likeness (QED) is 0.610. The number of fused-ring (bicyclic) bond motifs is 3. The number of hydrogen-bond donors (Lipinski definition) is 3. The number of para-hydroxylation sites is 2. The molecule has 0 saturated carbocycles. The largest absolute Gasteiger partial charge is 0.506 e. The summed E-state index contributed by atoms with van der Waals surface area (Å²) >= 11 is 0. The fraction of sp³-hybridized carbons (Fsp3) is 0.600. The second-order valence-corrected chi connectivity index (χ2v) is 8.37. The lowest BCUT2D eigenvalue weighted by atomic mass is 9.98. The highest BCUT2D eigenvalue weighted by atomic mass is 16.9. The van der Waals surface area contributed by atoms with Crippen LogP contribution in [0.4, 0.5) is 5.69 Å². The van der Waals surface area contributed by atoms with E-state index in [4.69, 9.17) is 23.7 Å². The van der Waals surface area contributed by atoms with Crippen molar-refractivity contribution < 1.29 is 38.4 Å². The molecule has 3 heterocycles. The lowest BCUT2D eigenvalue weighted by molar-refractivity contribution is -0.231. The van der Waals surface area contributed by atoms with E-state index in [-0.39, 0.29) is 18.0 Å². The van der Waals surface area contributed by atoms with Gasteiger partial charge in [-0.3, -0.25) is 9.59 Å². The molecule has 3 fully saturated rings. The summed E-state index contributed by atoms with van der Waals surface area (Å²) in [6.07, 6.45) is -3.68. The smallest absolute Gasteiger partial charge is 0.252 e. The lowest BCUT2D eigenvalue weighted by Crippen LogP contribution is -2.59. The van der Waals surface area contributed by atoms with Crippen molar-refractivity contribution in [2.45, 2.75) is 70.0 Å². The van der Waals surface area contributed by atoms with Gasteiger partial charge in [-0.2, -0.15) is 0 Å². The van der Waals surface area contributed by atoms with Crippen LogP contribution in [-0.2, 0) is 33.3 Å². The van der Waals surface area contributed by atoms with Gasteiger partial charge in [0.2, 0.25) is 5.91 Å². The highest BCUT2D eigenvalue weighted by Gasteiger charge is 2.62. The maximum Gasteiger partial charge on any atom is 0.252 e. The van der Waals surface area contributed by atoms with Crippen molar-refractivity contribution >= 4 is 17.5 Å². The van der Waals surface area contributed by atoms with E-state index in [1.54, 1.807) is 45.9 Å². The highest BCUT2D eigenvalue weighted by Crippen LogP contribution is 2.44. The maximum atomic E-state index is 12.8. The fourth-order valence-corrected chi connectivity index (χ4v) is 3.87. The van der Waals surface area contributed by atoms with E-state index in [1.165, 1.54) is 6.07 Å². The molecule has 3 aliphatic rings. The van der Waals surface area contributed by atoms with Gasteiger partial charge in [-0.1, -0.05) is 12.1 Å². The third-order valence-electron chi connectivity index (χ3n) is 5.01. The molecule has 3 saturated heterocycles. The second kappa shape index (κ2) is 7.47. The van der Waals surface area contributed by atoms with Gasteiger partial charge >= 0.3 is 0 Å². The number of phenolic OH excluding ortho intramolecular Hbond substituents is 1. The Labute approximate surface area is 173 Å². The first-order valence-corrected chi connectivity index (χ1v) is 9.77. The molecule has 0 spiro atoms. The minimum atomic E-state index is -1.05. The van der Waals surface area contributed by atoms with Crippen molar-refractivity contribution in [1.29, 1.82) is 0 Å². The van der Waals surface area contributed by atoms with E-state index in [9.17, 15) is 14.7 Å². The predicted molar refractivity (Wildman–Crippen MR) is 102 cm³/mol. The average Bonchev–Trinajstić information content (AvgIpc) is 3.14. The minimum Gasteiger partial charge on any atom is -0.506 e. The molecule has 4 rings (SSSR count). The third kappa shape index (κ3) is 4.14. The molecule has 1 aromatic carbocycles. The second-order valence-electron chi connectivity index (χ2n) is 8.37. The number of amides is 2. The number of carbonyl (C=O) groups excluding carboxylic acids is 2. The van der Waals surface area contributed by atoms with Crippen molar-refractivity contribution in [1.82, 2.24) is 5.32 Å². The Hall–Kier alpha value is -2.24. The number of hydrogen-bond acceptors (Lipinski definition) is 8. The summed E-state index contributed by atoms with van der Waals surface area (Å²) < 4.78 is 29.4. The van der Waals surface area contributed by atoms with E-state index in [0.717, 1.165) is 0 Å². The fourth-order valence-electron chi connectivity index (χ4n) is 3.87. The van der Waals surface area contributed by atoms with Crippen molar-refractivity contribution in [2.24, 2.45) is 0 Å². The average molecular weight is 422 g/mol. The topological polar surface area (TPSA) is 125 Å². The van der Waals surface area contributed by atoms with Gasteiger partial charge in [-0.15, -0.1) is 0 Å². The number of anilines is 1. The Balaban J connectivity index is 1.41. The first-order valence-electron chi connectivity index (χ1n) is 9.77. The van der Waals surface area contributed by atoms with E-state index in [2.05, 4.69) is 10.6 Å². The molecule has 10 nitrogen and oxygen atoms in total. The van der Waals surface area contributed by atoms with Crippen LogP contribution in [0.2, 0.25) is 0 Å². The summed E-state index contributed by atoms with van der Waals surface area (Å²) in [5.41, 5.74) is 0.251. The van der Waals surface area contributed by atoms with E-state index in [1.807, 2.05) is 0 Å². The number of nitrogens with one attached hydrogen (secondary N) is 2. The van der Waals surface area contributed by atoms with E-state index < -0.39 is 54.1 Å². The van der Waals surface area contributed by atoms with Crippen LogP contribution in [0.25, 0.3) is 0 Å². The van der Waals surface area contributed by atoms with E-state index >= 15 is 0 Å². The molecule has 5 atom stereocenters. The summed E-state index contributed by atoms with van der Waals surface area (Å²) in [7, 11) is 0. The standard InChI is InChI=1S/C20H26N2O8/c1-19(2)27-13-14(28-19)16-18(30-20(3,4)29-16)26-15(13)17(25)21-9-12(24)22-10-7-5-6-8-11(10)23/h5-8,13-16,18,23H,9H2,1-4H3,(H,21,25)(H,22,24). The minimum absolute atomic E-state index is 0.0681. The number of carbonyl (C=O) groups is 2. The molecular weight excluding hydrogens is 396 g/mol. The van der Waals surface area contributed by atoms with Crippen molar-refractivity contribution in [3.05, 3.63) is 24.3 Å². The molecule has 5 unspecified atom stereocenters. The molecule has 1 aromatic rings. The Bertz CT molecular complexity index is 842. The Morgan fingerprint density at radius 2 is 1.60 bits per heavy atom. The Morgan fingerprint density at radius 1 is 0.967 bits per heavy atom. The molecular formula is C20H26N2O8. The summed E-state index contributed by atoms with van der Waals surface area (Å²) in [6, 6.07) is 6.31. The number of phenols is 1. The van der Waals surface area contributed by atoms with Gasteiger partial charge in [0.25, 0.3) is 5.91 Å². The zero-order valence-electron chi connectivity index (χ0n) is 17.2. The Morgan fingerprint density at radius 3 is 2.33 bits per heavy atom. The highest BCUT2D eigenvalue weighted by molar-refractivity contribution is 5.96. The summed E-state index contributed by atoms with van der Waals surface area (Å²) in [5, 5.41) is 14.8. The monoisotopic (exact) mass is 422 g/mol. The Kier molecular flexibility index (Phi) is 5.23. The molecule has 30 heavy (non-hydrogen) atoms. The van der Waals surface area contributed by atoms with E-state index in [0.29, 0.717) is 0 Å². The zero-order chi connectivity index (χ0) is 21.7. The number of aromatic hydroxyl groups is 1. The van der Waals surface area contributed by atoms with Gasteiger partial charge in [-0.05, 0) is 39.8 Å². The summed E-state index contributed by atoms with van der Waals surface area (Å²) in [5.74, 6) is -2.92. The van der Waals surface area contributed by atoms with Gasteiger partial charge in [0.05, 0.1) is 12.2 Å². The summed E-state index contributed by atoms with van der Waals surface area (Å²) in [6.45, 7) is 6.68. The number of ether oxygens (including phenoxy) is 5. The van der Waals surface area contributed by atoms with Crippen LogP contribution in [0.1, 0.15) is 27.7 Å². The molecule has 0 aliphatic carbocycles. The van der Waals surface area contributed by atoms with Gasteiger partial charge < -0.3 is 39.4 Å². The normalized spacial score (nSPS) is 33.4. The lowest BCUT2D eigenvalue weighted by Gasteiger charge is -2.36. The first-order chi connectivity index (χ1) is 14.0. The van der Waals surface area contributed by atoms with Crippen molar-refractivity contribution in [3.63, 3.8) is 0 Å². The van der Waals surface area contributed by atoms with Crippen molar-refractivity contribution in [2.75, 3.05) is 11.9 Å². The van der Waals surface area contributed by atoms with Crippen LogP contribution in [0.15, 0.2) is 24.3 Å². The van der Waals surface area contributed by atoms with Crippen LogP contribution in [0, 0.1) is 0 Å². The summed E-state index contributed by atoms with van der Waals surface area (Å²) in [4.78, 5) is 25.0. The first kappa shape index (κ1) is 21.0. The van der Waals surface area contributed by atoms with Crippen LogP contribution in [0.5, 0.6) is 5.75 Å².